The Kier molecular flexibility index (Phi) is 6.46. The number of ether oxygens (including phenoxy) is 1. The number of alkyl halides is 6. The summed E-state index contributed by atoms with van der Waals surface area (Å²) >= 11 is 0. The lowest BCUT2D eigenvalue weighted by atomic mass is 11.2. The van der Waals surface area contributed by atoms with Crippen LogP contribution in [-0.2, 0) is 4.74 Å². The first kappa shape index (κ1) is 14.7. The van der Waals surface area contributed by atoms with Crippen molar-refractivity contribution in [2.24, 2.45) is 0 Å². The van der Waals surface area contributed by atoms with Crippen molar-refractivity contribution in [3.8, 4) is 0 Å². The number of hydrogen-bond acceptors (Lipinski definition) is 1. The second-order valence-electron chi connectivity index (χ2n) is 1.25. The number of hydrogen-bond donors (Lipinski definition) is 0. The van der Waals surface area contributed by atoms with Crippen LogP contribution in [0.4, 0.5) is 35.1 Å². The Balaban J connectivity index is 0. The molecule has 0 saturated carbocycles. The van der Waals surface area contributed by atoms with Crippen molar-refractivity contribution >= 4 is 0 Å². The van der Waals surface area contributed by atoms with Crippen molar-refractivity contribution in [1.29, 1.82) is 0 Å². The lowest BCUT2D eigenvalue weighted by molar-refractivity contribution is -0.463. The van der Waals surface area contributed by atoms with E-state index in [4.69, 9.17) is 0 Å². The Labute approximate surface area is 66.6 Å². The van der Waals surface area contributed by atoms with Gasteiger partial charge in [-0.05, 0) is 0 Å². The molecule has 0 amide bonds. The Bertz CT molecular complexity index is 127. The van der Waals surface area contributed by atoms with Gasteiger partial charge in [0, 0.05) is 0 Å². The highest BCUT2D eigenvalue weighted by atomic mass is 19.4. The first-order chi connectivity index (χ1) is 5.62. The fourth-order valence-electron chi connectivity index (χ4n) is 0.131. The average Bonchev–Trinajstić information content (AvgIpc) is 1.80. The van der Waals surface area contributed by atoms with Gasteiger partial charge in [0.05, 0.1) is 0 Å². The van der Waals surface area contributed by atoms with Gasteiger partial charge >= 0.3 is 12.7 Å². The van der Waals surface area contributed by atoms with Gasteiger partial charge in [-0.25, -0.2) is 8.78 Å². The van der Waals surface area contributed by atoms with Crippen LogP contribution in [0, 0.1) is 0 Å². The van der Waals surface area contributed by atoms with Crippen LogP contribution >= 0.6 is 0 Å². The second-order valence-corrected chi connectivity index (χ2v) is 1.25. The van der Waals surface area contributed by atoms with E-state index in [1.165, 1.54) is 0 Å². The summed E-state index contributed by atoms with van der Waals surface area (Å²) in [5, 5.41) is 0. The van der Waals surface area contributed by atoms with Gasteiger partial charge in [0.1, 0.15) is 12.7 Å². The first-order valence-corrected chi connectivity index (χ1v) is 2.31. The molecule has 13 heavy (non-hydrogen) atoms. The average molecular weight is 218 g/mol. The number of halogens is 8. The molecule has 0 radical (unpaired) electrons. The van der Waals surface area contributed by atoms with Crippen LogP contribution in [0.1, 0.15) is 0 Å². The fourth-order valence-corrected chi connectivity index (χ4v) is 0.131. The van der Waals surface area contributed by atoms with Gasteiger partial charge in [-0.3, -0.25) is 0 Å². The SMILES string of the molecule is FC(F)(F)OC(F)(F)F.FC=CF. The first-order valence-electron chi connectivity index (χ1n) is 2.31. The largest absolute Gasteiger partial charge is 0.529 e. The maximum atomic E-state index is 10.6. The van der Waals surface area contributed by atoms with E-state index < -0.39 is 12.7 Å². The third kappa shape index (κ3) is 24.7. The van der Waals surface area contributed by atoms with Crippen LogP contribution in [-0.4, -0.2) is 12.7 Å². The summed E-state index contributed by atoms with van der Waals surface area (Å²) in [5.74, 6) is 0. The predicted octanol–water partition coefficient (Wildman–Crippen LogP) is 3.44. The molecule has 0 rings (SSSR count). The minimum atomic E-state index is -5.64. The summed E-state index contributed by atoms with van der Waals surface area (Å²) < 4.78 is 85.6. The van der Waals surface area contributed by atoms with Crippen LogP contribution < -0.4 is 0 Å². The van der Waals surface area contributed by atoms with Crippen molar-refractivity contribution < 1.29 is 39.9 Å². The summed E-state index contributed by atoms with van der Waals surface area (Å²) in [7, 11) is 0. The zero-order valence-electron chi connectivity index (χ0n) is 5.59. The molecular formula is C4H2F8O. The topological polar surface area (TPSA) is 9.23 Å². The van der Waals surface area contributed by atoms with E-state index in [9.17, 15) is 35.1 Å². The fraction of sp³-hybridized carbons (Fsp3) is 0.500. The van der Waals surface area contributed by atoms with Crippen LogP contribution in [0.5, 0.6) is 0 Å². The lowest BCUT2D eigenvalue weighted by Gasteiger charge is -2.08. The molecule has 0 aromatic rings. The molecular weight excluding hydrogens is 216 g/mol. The Morgan fingerprint density at radius 1 is 0.692 bits per heavy atom. The lowest BCUT2D eigenvalue weighted by Crippen LogP contribution is -2.25. The molecule has 0 aromatic carbocycles. The molecule has 0 atom stereocenters. The van der Waals surface area contributed by atoms with Gasteiger partial charge in [-0.2, -0.15) is 4.74 Å². The van der Waals surface area contributed by atoms with Gasteiger partial charge in [-0.1, -0.05) is 0 Å². The van der Waals surface area contributed by atoms with E-state index in [-0.39, 0.29) is 12.7 Å². The smallest absolute Gasteiger partial charge is 0.213 e. The third-order valence-electron chi connectivity index (χ3n) is 0.279. The van der Waals surface area contributed by atoms with Crippen LogP contribution in [0.2, 0.25) is 0 Å². The van der Waals surface area contributed by atoms with Crippen molar-refractivity contribution in [3.05, 3.63) is 12.7 Å². The van der Waals surface area contributed by atoms with E-state index in [0.29, 0.717) is 0 Å². The molecule has 9 heteroatoms. The molecule has 0 aliphatic carbocycles. The summed E-state index contributed by atoms with van der Waals surface area (Å²) in [5.41, 5.74) is 0. The van der Waals surface area contributed by atoms with E-state index in [1.54, 1.807) is 4.74 Å². The molecule has 0 saturated heterocycles. The van der Waals surface area contributed by atoms with Crippen LogP contribution in [0.3, 0.4) is 0 Å². The van der Waals surface area contributed by atoms with Gasteiger partial charge in [-0.15, -0.1) is 26.3 Å². The molecule has 0 fully saturated rings. The van der Waals surface area contributed by atoms with Gasteiger partial charge in [0.2, 0.25) is 0 Å². The van der Waals surface area contributed by atoms with E-state index >= 15 is 0 Å². The maximum Gasteiger partial charge on any atom is 0.529 e. The minimum absolute atomic E-state index is 0.167. The van der Waals surface area contributed by atoms with E-state index in [0.717, 1.165) is 0 Å². The molecule has 0 aromatic heterocycles. The summed E-state index contributed by atoms with van der Waals surface area (Å²) in [6.45, 7) is 0. The van der Waals surface area contributed by atoms with Crippen LogP contribution in [0.15, 0.2) is 12.7 Å². The van der Waals surface area contributed by atoms with Gasteiger partial charge in [0.25, 0.3) is 0 Å². The zero-order valence-corrected chi connectivity index (χ0v) is 5.59. The molecule has 0 N–H and O–H groups in total. The standard InChI is InChI=1S/C2F6O.C2H2F2/c3-1(4,5)9-2(6,7)8;3-1-2-4/h;1-2H. The van der Waals surface area contributed by atoms with Crippen molar-refractivity contribution in [1.82, 2.24) is 0 Å². The second kappa shape index (κ2) is 5.73. The quantitative estimate of drug-likeness (QED) is 0.566. The summed E-state index contributed by atoms with van der Waals surface area (Å²) in [6, 6.07) is 0. The van der Waals surface area contributed by atoms with Crippen LogP contribution in [0.25, 0.3) is 0 Å². The molecule has 1 nitrogen and oxygen atoms in total. The molecule has 0 spiro atoms. The molecule has 0 heterocycles. The highest BCUT2D eigenvalue weighted by Crippen LogP contribution is 2.28. The highest BCUT2D eigenvalue weighted by Gasteiger charge is 2.45. The molecule has 0 aliphatic heterocycles. The normalized spacial score (nSPS) is 12.6. The number of rotatable bonds is 0. The van der Waals surface area contributed by atoms with Gasteiger partial charge in [0.15, 0.2) is 0 Å². The zero-order chi connectivity index (χ0) is 11.1. The molecule has 0 unspecified atom stereocenters. The predicted molar refractivity (Wildman–Crippen MR) is 24.6 cm³/mol. The Morgan fingerprint density at radius 2 is 0.923 bits per heavy atom. The minimum Gasteiger partial charge on any atom is -0.213 e. The molecule has 0 bridgehead atoms. The summed E-state index contributed by atoms with van der Waals surface area (Å²) in [4.78, 5) is 0. The van der Waals surface area contributed by atoms with E-state index in [1.807, 2.05) is 0 Å². The van der Waals surface area contributed by atoms with Crippen molar-refractivity contribution in [2.75, 3.05) is 0 Å². The Hall–Kier alpha value is -0.860. The van der Waals surface area contributed by atoms with E-state index in [2.05, 4.69) is 0 Å². The summed E-state index contributed by atoms with van der Waals surface area (Å²) in [6.07, 6.45) is -11.6. The third-order valence-corrected chi connectivity index (χ3v) is 0.279. The highest BCUT2D eigenvalue weighted by molar-refractivity contribution is 4.51. The maximum absolute atomic E-state index is 10.6. The van der Waals surface area contributed by atoms with Crippen molar-refractivity contribution in [2.45, 2.75) is 12.7 Å². The Morgan fingerprint density at radius 3 is 0.923 bits per heavy atom. The molecule has 80 valence electrons. The van der Waals surface area contributed by atoms with Gasteiger partial charge < -0.3 is 0 Å². The molecule has 0 aliphatic rings. The monoisotopic (exact) mass is 218 g/mol. The van der Waals surface area contributed by atoms with Crippen molar-refractivity contribution in [3.63, 3.8) is 0 Å².